The van der Waals surface area contributed by atoms with E-state index in [0.29, 0.717) is 33.4 Å². The van der Waals surface area contributed by atoms with Gasteiger partial charge in [-0.05, 0) is 61.4 Å². The predicted octanol–water partition coefficient (Wildman–Crippen LogP) is 4.27. The Morgan fingerprint density at radius 2 is 1.71 bits per heavy atom. The number of carbonyl (C=O) groups is 1. The number of fused-ring (bicyclic) bond motifs is 1. The Balaban J connectivity index is 2.04. The highest BCUT2D eigenvalue weighted by Crippen LogP contribution is 2.40. The molecule has 1 N–H and O–H groups in total. The third-order valence-electron chi connectivity index (χ3n) is 5.68. The number of carbonyl (C=O) groups excluding carboxylic acids is 1. The van der Waals surface area contributed by atoms with Crippen molar-refractivity contribution in [1.29, 1.82) is 0 Å². The fourth-order valence-electron chi connectivity index (χ4n) is 3.98. The predicted molar refractivity (Wildman–Crippen MR) is 129 cm³/mol. The molecule has 35 heavy (non-hydrogen) atoms. The Bertz CT molecular complexity index is 1640. The van der Waals surface area contributed by atoms with E-state index in [2.05, 4.69) is 4.98 Å². The maximum atomic E-state index is 13.8. The first-order chi connectivity index (χ1) is 16.4. The lowest BCUT2D eigenvalue weighted by atomic mass is 10.0. The molecule has 0 aliphatic rings. The van der Waals surface area contributed by atoms with Crippen molar-refractivity contribution in [3.63, 3.8) is 0 Å². The number of nitrogens with one attached hydrogen (secondary N) is 1. The molecule has 0 unspecified atom stereocenters. The summed E-state index contributed by atoms with van der Waals surface area (Å²) in [5.41, 5.74) is 1.76. The van der Waals surface area contributed by atoms with Gasteiger partial charge in [-0.25, -0.2) is 17.6 Å². The van der Waals surface area contributed by atoms with Gasteiger partial charge in [-0.2, -0.15) is 0 Å². The summed E-state index contributed by atoms with van der Waals surface area (Å²) in [6, 6.07) is 8.53. The molecule has 8 nitrogen and oxygen atoms in total. The number of hydrogen-bond donors (Lipinski definition) is 1. The number of ether oxygens (including phenoxy) is 2. The number of methoxy groups -OCH3 is 1. The fraction of sp³-hybridized carbons (Fsp3) is 0.200. The molecule has 0 bridgehead atoms. The van der Waals surface area contributed by atoms with Gasteiger partial charge in [-0.1, -0.05) is 0 Å². The van der Waals surface area contributed by atoms with Gasteiger partial charge in [0.2, 0.25) is 0 Å². The normalized spacial score (nSPS) is 11.6. The largest absolute Gasteiger partial charge is 0.464 e. The maximum Gasteiger partial charge on any atom is 0.354 e. The van der Waals surface area contributed by atoms with Crippen molar-refractivity contribution in [2.45, 2.75) is 18.7 Å². The van der Waals surface area contributed by atoms with E-state index >= 15 is 0 Å². The molecule has 0 spiro atoms. The molecule has 0 saturated carbocycles. The first-order valence-corrected chi connectivity index (χ1v) is 12.4. The molecule has 0 amide bonds. The smallest absolute Gasteiger partial charge is 0.354 e. The lowest BCUT2D eigenvalue weighted by Gasteiger charge is -2.17. The van der Waals surface area contributed by atoms with Crippen LogP contribution in [0.5, 0.6) is 11.5 Å². The van der Waals surface area contributed by atoms with Crippen LogP contribution in [0.2, 0.25) is 0 Å². The van der Waals surface area contributed by atoms with Crippen LogP contribution in [0, 0.1) is 19.7 Å². The second kappa shape index (κ2) is 8.70. The van der Waals surface area contributed by atoms with Crippen LogP contribution >= 0.6 is 0 Å². The van der Waals surface area contributed by atoms with Crippen molar-refractivity contribution in [3.8, 4) is 22.6 Å². The summed E-state index contributed by atoms with van der Waals surface area (Å²) >= 11 is 0. The van der Waals surface area contributed by atoms with Gasteiger partial charge < -0.3 is 19.0 Å². The molecule has 4 aromatic rings. The average Bonchev–Trinajstić information content (AvgIpc) is 3.23. The summed E-state index contributed by atoms with van der Waals surface area (Å²) in [6.45, 7) is 3.41. The van der Waals surface area contributed by atoms with Crippen molar-refractivity contribution < 1.29 is 27.1 Å². The zero-order valence-corrected chi connectivity index (χ0v) is 20.5. The molecule has 0 atom stereocenters. The Kier molecular flexibility index (Phi) is 6.02. The number of rotatable bonds is 5. The first kappa shape index (κ1) is 24.2. The number of H-pyrrole nitrogens is 1. The highest BCUT2D eigenvalue weighted by molar-refractivity contribution is 7.90. The number of sulfone groups is 1. The lowest BCUT2D eigenvalue weighted by Crippen LogP contribution is -2.17. The van der Waals surface area contributed by atoms with Crippen LogP contribution in [0.4, 0.5) is 4.39 Å². The molecule has 2 aromatic carbocycles. The van der Waals surface area contributed by atoms with Crippen LogP contribution in [0.25, 0.3) is 22.0 Å². The lowest BCUT2D eigenvalue weighted by molar-refractivity contribution is 0.0595. The number of benzene rings is 2. The summed E-state index contributed by atoms with van der Waals surface area (Å²) in [4.78, 5) is 27.7. The molecular weight excluding hydrogens is 475 g/mol. The Morgan fingerprint density at radius 1 is 1.06 bits per heavy atom. The number of aryl methyl sites for hydroxylation is 3. The van der Waals surface area contributed by atoms with Crippen LogP contribution < -0.4 is 10.3 Å². The highest BCUT2D eigenvalue weighted by Gasteiger charge is 2.21. The molecule has 182 valence electrons. The summed E-state index contributed by atoms with van der Waals surface area (Å²) in [6.07, 6.45) is 2.63. The molecule has 0 fully saturated rings. The number of aromatic amines is 1. The molecule has 4 rings (SSSR count). The second-order valence-electron chi connectivity index (χ2n) is 8.32. The molecule has 0 saturated heterocycles. The average molecular weight is 499 g/mol. The Hall–Kier alpha value is -3.92. The zero-order valence-electron chi connectivity index (χ0n) is 19.7. The number of esters is 1. The second-order valence-corrected chi connectivity index (χ2v) is 10.3. The third-order valence-corrected chi connectivity index (χ3v) is 6.79. The molecule has 0 aliphatic heterocycles. The van der Waals surface area contributed by atoms with E-state index < -0.39 is 21.6 Å². The number of pyridine rings is 1. The SMILES string of the molecule is COC(=O)c1cc2c(-c3cc(S(C)(=O)=O)ccc3Oc3c(C)cc(F)cc3C)cn(C)c(=O)c2[nH]1. The Morgan fingerprint density at radius 3 is 2.31 bits per heavy atom. The van der Waals surface area contributed by atoms with Crippen molar-refractivity contribution in [1.82, 2.24) is 9.55 Å². The van der Waals surface area contributed by atoms with E-state index in [1.165, 1.54) is 54.3 Å². The van der Waals surface area contributed by atoms with Gasteiger partial charge in [-0.3, -0.25) is 4.79 Å². The molecule has 0 aliphatic carbocycles. The minimum Gasteiger partial charge on any atom is -0.464 e. The van der Waals surface area contributed by atoms with Gasteiger partial charge in [-0.15, -0.1) is 0 Å². The monoisotopic (exact) mass is 498 g/mol. The standard InChI is InChI=1S/C25H23FN2O6S/c1-13-8-15(26)9-14(2)23(13)34-21-7-6-16(35(5,31)32)10-17(21)19-12-28(3)24(29)22-18(19)11-20(27-22)25(30)33-4/h6-12,27H,1-5H3. The van der Waals surface area contributed by atoms with Crippen molar-refractivity contribution in [2.24, 2.45) is 7.05 Å². The van der Waals surface area contributed by atoms with E-state index in [1.54, 1.807) is 20.9 Å². The van der Waals surface area contributed by atoms with Crippen LogP contribution in [0.15, 0.2) is 52.3 Å². The third kappa shape index (κ3) is 4.44. The van der Waals surface area contributed by atoms with Crippen LogP contribution in [0.1, 0.15) is 21.6 Å². The number of nitrogens with zero attached hydrogens (tertiary/aromatic N) is 1. The van der Waals surface area contributed by atoms with Crippen LogP contribution in [-0.2, 0) is 21.6 Å². The highest BCUT2D eigenvalue weighted by atomic mass is 32.2. The van der Waals surface area contributed by atoms with Crippen molar-refractivity contribution in [2.75, 3.05) is 13.4 Å². The molecule has 0 radical (unpaired) electrons. The van der Waals surface area contributed by atoms with Crippen LogP contribution in [-0.4, -0.2) is 37.3 Å². The summed E-state index contributed by atoms with van der Waals surface area (Å²) in [7, 11) is -0.819. The summed E-state index contributed by atoms with van der Waals surface area (Å²) < 4.78 is 50.8. The molecule has 10 heteroatoms. The van der Waals surface area contributed by atoms with Crippen molar-refractivity contribution >= 4 is 26.7 Å². The molecule has 2 heterocycles. The molecule has 2 aromatic heterocycles. The summed E-state index contributed by atoms with van der Waals surface area (Å²) in [5, 5.41) is 0.386. The number of halogens is 1. The summed E-state index contributed by atoms with van der Waals surface area (Å²) in [5.74, 6) is -0.350. The minimum absolute atomic E-state index is 0.0399. The number of hydrogen-bond acceptors (Lipinski definition) is 6. The van der Waals surface area contributed by atoms with Gasteiger partial charge in [0.15, 0.2) is 9.84 Å². The fourth-order valence-corrected chi connectivity index (χ4v) is 4.62. The quantitative estimate of drug-likeness (QED) is 0.412. The van der Waals surface area contributed by atoms with Gasteiger partial charge >= 0.3 is 5.97 Å². The van der Waals surface area contributed by atoms with E-state index in [0.717, 1.165) is 6.26 Å². The van der Waals surface area contributed by atoms with Gasteiger partial charge in [0.25, 0.3) is 5.56 Å². The van der Waals surface area contributed by atoms with E-state index in [1.807, 2.05) is 0 Å². The maximum absolute atomic E-state index is 13.8. The van der Waals surface area contributed by atoms with Gasteiger partial charge in [0, 0.05) is 36.0 Å². The first-order valence-electron chi connectivity index (χ1n) is 10.5. The Labute approximate surface area is 200 Å². The minimum atomic E-state index is -3.58. The number of aromatic nitrogens is 2. The topological polar surface area (TPSA) is 107 Å². The van der Waals surface area contributed by atoms with Crippen LogP contribution in [0.3, 0.4) is 0 Å². The van der Waals surface area contributed by atoms with E-state index in [-0.39, 0.29) is 27.4 Å². The van der Waals surface area contributed by atoms with E-state index in [4.69, 9.17) is 9.47 Å². The van der Waals surface area contributed by atoms with Crippen molar-refractivity contribution in [3.05, 3.63) is 75.6 Å². The van der Waals surface area contributed by atoms with Gasteiger partial charge in [0.05, 0.1) is 12.0 Å². The zero-order chi connectivity index (χ0) is 25.7. The van der Waals surface area contributed by atoms with E-state index in [9.17, 15) is 22.4 Å². The molecular formula is C25H23FN2O6S. The van der Waals surface area contributed by atoms with Gasteiger partial charge in [0.1, 0.15) is 28.5 Å².